The van der Waals surface area contributed by atoms with Gasteiger partial charge in [-0.2, -0.15) is 0 Å². The molecule has 1 aromatic heterocycles. The smallest absolute Gasteiger partial charge is 0.252 e. The Morgan fingerprint density at radius 1 is 0.971 bits per heavy atom. The van der Waals surface area contributed by atoms with Crippen LogP contribution in [0.15, 0.2) is 48.5 Å². The summed E-state index contributed by atoms with van der Waals surface area (Å²) in [4.78, 5) is 23.0. The van der Waals surface area contributed by atoms with E-state index in [1.807, 2.05) is 48.5 Å². The number of nitrogens with zero attached hydrogens (tertiary/aromatic N) is 3. The third-order valence-electron chi connectivity index (χ3n) is 6.65. The molecule has 0 bridgehead atoms. The highest BCUT2D eigenvalue weighted by Crippen LogP contribution is 2.35. The van der Waals surface area contributed by atoms with Gasteiger partial charge in [-0.1, -0.05) is 25.1 Å². The third-order valence-corrected chi connectivity index (χ3v) is 6.65. The first-order valence-corrected chi connectivity index (χ1v) is 12.2. The van der Waals surface area contributed by atoms with Gasteiger partial charge >= 0.3 is 0 Å². The Balaban J connectivity index is 1.29. The number of carbonyl (C=O) groups excluding carboxylic acids is 1. The van der Waals surface area contributed by atoms with E-state index in [1.54, 1.807) is 0 Å². The molecule has 3 aromatic rings. The highest BCUT2D eigenvalue weighted by Gasteiger charge is 2.18. The normalized spacial score (nSPS) is 16.5. The molecule has 3 heterocycles. The van der Waals surface area contributed by atoms with Crippen LogP contribution in [0, 0.1) is 0 Å². The van der Waals surface area contributed by atoms with E-state index in [0.717, 1.165) is 73.6 Å². The fourth-order valence-electron chi connectivity index (χ4n) is 4.64. The maximum atomic E-state index is 13.2. The van der Waals surface area contributed by atoms with Gasteiger partial charge in [-0.05, 0) is 49.8 Å². The predicted molar refractivity (Wildman–Crippen MR) is 134 cm³/mol. The van der Waals surface area contributed by atoms with Crippen LogP contribution in [-0.2, 0) is 0 Å². The van der Waals surface area contributed by atoms with E-state index in [4.69, 9.17) is 14.5 Å². The standard InChI is InChI=1S/C27H32N4O3/c1-2-30-12-14-31(15-13-30)11-5-10-28-27(32)22-19-24(29-23-7-4-3-6-21(22)23)20-8-9-25-26(18-20)34-17-16-33-25/h3-4,6-9,18-19H,2,5,10-17H2,1H3,(H,28,32). The first-order valence-electron chi connectivity index (χ1n) is 12.2. The Kier molecular flexibility index (Phi) is 6.92. The van der Waals surface area contributed by atoms with Crippen LogP contribution in [0.3, 0.4) is 0 Å². The van der Waals surface area contributed by atoms with E-state index in [1.165, 1.54) is 0 Å². The zero-order chi connectivity index (χ0) is 23.3. The lowest BCUT2D eigenvalue weighted by Crippen LogP contribution is -2.46. The number of benzene rings is 2. The van der Waals surface area contributed by atoms with Crippen LogP contribution in [0.25, 0.3) is 22.2 Å². The molecule has 0 saturated carbocycles. The van der Waals surface area contributed by atoms with Gasteiger partial charge in [-0.25, -0.2) is 4.98 Å². The highest BCUT2D eigenvalue weighted by molar-refractivity contribution is 6.07. The van der Waals surface area contributed by atoms with Crippen molar-refractivity contribution in [1.82, 2.24) is 20.1 Å². The summed E-state index contributed by atoms with van der Waals surface area (Å²) >= 11 is 0. The molecular formula is C27H32N4O3. The van der Waals surface area contributed by atoms with E-state index in [2.05, 4.69) is 22.0 Å². The second-order valence-electron chi connectivity index (χ2n) is 8.82. The average molecular weight is 461 g/mol. The first-order chi connectivity index (χ1) is 16.7. The number of aromatic nitrogens is 1. The van der Waals surface area contributed by atoms with Crippen molar-refractivity contribution < 1.29 is 14.3 Å². The van der Waals surface area contributed by atoms with Gasteiger partial charge in [0.15, 0.2) is 11.5 Å². The van der Waals surface area contributed by atoms with E-state index < -0.39 is 0 Å². The molecule has 7 heteroatoms. The molecule has 34 heavy (non-hydrogen) atoms. The summed E-state index contributed by atoms with van der Waals surface area (Å²) < 4.78 is 11.4. The Labute approximate surface area is 200 Å². The Morgan fingerprint density at radius 3 is 2.56 bits per heavy atom. The van der Waals surface area contributed by atoms with Crippen LogP contribution in [0.4, 0.5) is 0 Å². The van der Waals surface area contributed by atoms with Crippen molar-refractivity contribution in [2.24, 2.45) is 0 Å². The Morgan fingerprint density at radius 2 is 1.74 bits per heavy atom. The van der Waals surface area contributed by atoms with E-state index in [0.29, 0.717) is 31.1 Å². The van der Waals surface area contributed by atoms with Crippen molar-refractivity contribution in [3.05, 3.63) is 54.1 Å². The summed E-state index contributed by atoms with van der Waals surface area (Å²) in [5.41, 5.74) is 3.09. The zero-order valence-electron chi connectivity index (χ0n) is 19.8. The van der Waals surface area contributed by atoms with E-state index >= 15 is 0 Å². The molecule has 2 aliphatic rings. The molecule has 7 nitrogen and oxygen atoms in total. The van der Waals surface area contributed by atoms with Crippen LogP contribution in [-0.4, -0.2) is 79.7 Å². The topological polar surface area (TPSA) is 66.9 Å². The van der Waals surface area contributed by atoms with Crippen LogP contribution in [0.5, 0.6) is 11.5 Å². The lowest BCUT2D eigenvalue weighted by molar-refractivity contribution is 0.0950. The van der Waals surface area contributed by atoms with Crippen molar-refractivity contribution >= 4 is 16.8 Å². The number of hydrogen-bond donors (Lipinski definition) is 1. The number of para-hydroxylation sites is 1. The summed E-state index contributed by atoms with van der Waals surface area (Å²) in [5, 5.41) is 3.99. The molecule has 5 rings (SSSR count). The van der Waals surface area contributed by atoms with Crippen molar-refractivity contribution in [1.29, 1.82) is 0 Å². The van der Waals surface area contributed by atoms with Crippen LogP contribution >= 0.6 is 0 Å². The minimum absolute atomic E-state index is 0.0619. The number of amides is 1. The second-order valence-corrected chi connectivity index (χ2v) is 8.82. The molecule has 0 atom stereocenters. The van der Waals surface area contributed by atoms with Crippen molar-refractivity contribution in [3.8, 4) is 22.8 Å². The molecule has 1 amide bonds. The molecule has 0 aliphatic carbocycles. The summed E-state index contributed by atoms with van der Waals surface area (Å²) in [5.74, 6) is 1.39. The summed E-state index contributed by atoms with van der Waals surface area (Å²) in [6.07, 6.45) is 0.940. The third kappa shape index (κ3) is 5.00. The van der Waals surface area contributed by atoms with Gasteiger partial charge in [0, 0.05) is 43.7 Å². The number of carbonyl (C=O) groups is 1. The zero-order valence-corrected chi connectivity index (χ0v) is 19.8. The molecule has 0 spiro atoms. The summed E-state index contributed by atoms with van der Waals surface area (Å²) in [7, 11) is 0. The SMILES string of the molecule is CCN1CCN(CCCNC(=O)c2cc(-c3ccc4c(c3)OCCO4)nc3ccccc23)CC1. The van der Waals surface area contributed by atoms with Crippen molar-refractivity contribution in [3.63, 3.8) is 0 Å². The number of hydrogen-bond acceptors (Lipinski definition) is 6. The van der Waals surface area contributed by atoms with E-state index in [-0.39, 0.29) is 5.91 Å². The van der Waals surface area contributed by atoms with Gasteiger partial charge in [0.1, 0.15) is 13.2 Å². The molecular weight excluding hydrogens is 428 g/mol. The first kappa shape index (κ1) is 22.6. The number of rotatable bonds is 7. The molecule has 1 saturated heterocycles. The van der Waals surface area contributed by atoms with Crippen LogP contribution < -0.4 is 14.8 Å². The largest absolute Gasteiger partial charge is 0.486 e. The second kappa shape index (κ2) is 10.4. The highest BCUT2D eigenvalue weighted by atomic mass is 16.6. The molecule has 2 aliphatic heterocycles. The lowest BCUT2D eigenvalue weighted by atomic mass is 10.0. The van der Waals surface area contributed by atoms with Gasteiger partial charge in [-0.3, -0.25) is 4.79 Å². The molecule has 178 valence electrons. The van der Waals surface area contributed by atoms with Crippen molar-refractivity contribution in [2.75, 3.05) is 59.0 Å². The fourth-order valence-corrected chi connectivity index (χ4v) is 4.64. The lowest BCUT2D eigenvalue weighted by Gasteiger charge is -2.33. The van der Waals surface area contributed by atoms with Gasteiger partial charge in [0.05, 0.1) is 16.8 Å². The molecule has 1 fully saturated rings. The number of likely N-dealkylation sites (N-methyl/N-ethyl adjacent to an activating group) is 1. The van der Waals surface area contributed by atoms with Crippen LogP contribution in [0.2, 0.25) is 0 Å². The van der Waals surface area contributed by atoms with Crippen LogP contribution in [0.1, 0.15) is 23.7 Å². The maximum absolute atomic E-state index is 13.2. The Bertz CT molecular complexity index is 1160. The fraction of sp³-hybridized carbons (Fsp3) is 0.407. The number of nitrogens with one attached hydrogen (secondary N) is 1. The quantitative estimate of drug-likeness (QED) is 0.545. The molecule has 1 N–H and O–H groups in total. The number of pyridine rings is 1. The van der Waals surface area contributed by atoms with Gasteiger partial charge in [-0.15, -0.1) is 0 Å². The maximum Gasteiger partial charge on any atom is 0.252 e. The summed E-state index contributed by atoms with van der Waals surface area (Å²) in [6.45, 7) is 10.6. The average Bonchev–Trinajstić information content (AvgIpc) is 2.90. The van der Waals surface area contributed by atoms with E-state index in [9.17, 15) is 4.79 Å². The Hall–Kier alpha value is -3.16. The van der Waals surface area contributed by atoms with Crippen molar-refractivity contribution in [2.45, 2.75) is 13.3 Å². The van der Waals surface area contributed by atoms with Gasteiger partial charge < -0.3 is 24.6 Å². The summed E-state index contributed by atoms with van der Waals surface area (Å²) in [6, 6.07) is 15.5. The minimum atomic E-state index is -0.0619. The predicted octanol–water partition coefficient (Wildman–Crippen LogP) is 3.43. The van der Waals surface area contributed by atoms with Gasteiger partial charge in [0.2, 0.25) is 0 Å². The monoisotopic (exact) mass is 460 g/mol. The van der Waals surface area contributed by atoms with Gasteiger partial charge in [0.25, 0.3) is 5.91 Å². The minimum Gasteiger partial charge on any atom is -0.486 e. The molecule has 0 radical (unpaired) electrons. The molecule has 0 unspecified atom stereocenters. The number of piperazine rings is 1. The number of fused-ring (bicyclic) bond motifs is 2. The molecule has 2 aromatic carbocycles. The number of ether oxygens (including phenoxy) is 2.